The van der Waals surface area contributed by atoms with Crippen LogP contribution in [-0.4, -0.2) is 27.9 Å². The Labute approximate surface area is 155 Å². The number of hydrogen-bond acceptors (Lipinski definition) is 5. The van der Waals surface area contributed by atoms with Crippen LogP contribution in [0.1, 0.15) is 46.1 Å². The minimum absolute atomic E-state index is 0.134. The molecule has 2 aromatic heterocycles. The lowest BCUT2D eigenvalue weighted by Gasteiger charge is -2.09. The molecule has 0 aliphatic rings. The first-order chi connectivity index (χ1) is 12.4. The van der Waals surface area contributed by atoms with Gasteiger partial charge in [0, 0.05) is 30.2 Å². The second-order valence-electron chi connectivity index (χ2n) is 5.68. The van der Waals surface area contributed by atoms with Gasteiger partial charge in [0.05, 0.1) is 12.0 Å². The monoisotopic (exact) mass is 375 g/mol. The summed E-state index contributed by atoms with van der Waals surface area (Å²) < 4.78 is 0. The zero-order chi connectivity index (χ0) is 19.1. The molecule has 0 radical (unpaired) electrons. The third-order valence-corrected chi connectivity index (χ3v) is 4.85. The van der Waals surface area contributed by atoms with Gasteiger partial charge in [0.15, 0.2) is 0 Å². The Bertz CT molecular complexity index is 802. The third-order valence-electron chi connectivity index (χ3n) is 3.78. The van der Waals surface area contributed by atoms with Crippen molar-refractivity contribution >= 4 is 34.1 Å². The number of nitrogens with one attached hydrogen (secondary N) is 2. The van der Waals surface area contributed by atoms with E-state index in [-0.39, 0.29) is 18.7 Å². The number of hydrogen-bond donors (Lipinski definition) is 3. The van der Waals surface area contributed by atoms with E-state index in [2.05, 4.69) is 15.6 Å². The van der Waals surface area contributed by atoms with Gasteiger partial charge in [0.2, 0.25) is 5.91 Å². The van der Waals surface area contributed by atoms with Crippen LogP contribution in [0.4, 0.5) is 5.00 Å². The molecule has 0 unspecified atom stereocenters. The number of rotatable bonds is 8. The summed E-state index contributed by atoms with van der Waals surface area (Å²) in [5, 5.41) is 14.7. The molecule has 2 heterocycles. The molecule has 8 heteroatoms. The molecule has 0 aliphatic heterocycles. The van der Waals surface area contributed by atoms with Gasteiger partial charge in [0.25, 0.3) is 5.91 Å². The van der Waals surface area contributed by atoms with Crippen LogP contribution in [0.25, 0.3) is 0 Å². The van der Waals surface area contributed by atoms with Crippen molar-refractivity contribution in [2.75, 3.05) is 5.32 Å². The van der Waals surface area contributed by atoms with Crippen molar-refractivity contribution in [1.29, 1.82) is 0 Å². The fourth-order valence-electron chi connectivity index (χ4n) is 2.52. The predicted octanol–water partition coefficient (Wildman–Crippen LogP) is 2.75. The van der Waals surface area contributed by atoms with Crippen molar-refractivity contribution < 1.29 is 19.5 Å². The lowest BCUT2D eigenvalue weighted by Crippen LogP contribution is -2.25. The first kappa shape index (κ1) is 19.6. The highest BCUT2D eigenvalue weighted by Gasteiger charge is 2.22. The van der Waals surface area contributed by atoms with Gasteiger partial charge in [-0.2, -0.15) is 0 Å². The van der Waals surface area contributed by atoms with E-state index in [9.17, 15) is 14.4 Å². The largest absolute Gasteiger partial charge is 0.481 e. The quantitative estimate of drug-likeness (QED) is 0.657. The molecule has 0 spiro atoms. The average molecular weight is 375 g/mol. The molecule has 0 saturated carbocycles. The highest BCUT2D eigenvalue weighted by molar-refractivity contribution is 7.16. The summed E-state index contributed by atoms with van der Waals surface area (Å²) in [5.41, 5.74) is 2.20. The van der Waals surface area contributed by atoms with Crippen molar-refractivity contribution in [2.24, 2.45) is 0 Å². The van der Waals surface area contributed by atoms with Gasteiger partial charge in [0.1, 0.15) is 5.00 Å². The van der Waals surface area contributed by atoms with Crippen LogP contribution in [0.15, 0.2) is 24.5 Å². The summed E-state index contributed by atoms with van der Waals surface area (Å²) >= 11 is 1.33. The molecule has 2 rings (SSSR count). The normalized spacial score (nSPS) is 10.4. The van der Waals surface area contributed by atoms with Crippen molar-refractivity contribution in [3.8, 4) is 0 Å². The van der Waals surface area contributed by atoms with E-state index in [4.69, 9.17) is 5.11 Å². The number of aromatic nitrogens is 1. The molecule has 3 N–H and O–H groups in total. The molecule has 0 saturated heterocycles. The van der Waals surface area contributed by atoms with E-state index in [1.54, 1.807) is 18.5 Å². The summed E-state index contributed by atoms with van der Waals surface area (Å²) in [6.07, 6.45) is 3.61. The van der Waals surface area contributed by atoms with Gasteiger partial charge < -0.3 is 15.7 Å². The zero-order valence-electron chi connectivity index (χ0n) is 14.7. The number of anilines is 1. The Hall–Kier alpha value is -2.74. The van der Waals surface area contributed by atoms with Crippen LogP contribution in [0.2, 0.25) is 0 Å². The first-order valence-corrected chi connectivity index (χ1v) is 9.05. The molecule has 0 aromatic carbocycles. The van der Waals surface area contributed by atoms with Gasteiger partial charge >= 0.3 is 5.97 Å². The highest BCUT2D eigenvalue weighted by atomic mass is 32.1. The van der Waals surface area contributed by atoms with Gasteiger partial charge in [-0.25, -0.2) is 0 Å². The Morgan fingerprint density at radius 2 is 2.04 bits per heavy atom. The van der Waals surface area contributed by atoms with Gasteiger partial charge in [-0.1, -0.05) is 13.0 Å². The molecule has 2 amide bonds. The molecule has 26 heavy (non-hydrogen) atoms. The fourth-order valence-corrected chi connectivity index (χ4v) is 3.67. The van der Waals surface area contributed by atoms with Crippen LogP contribution in [0.5, 0.6) is 0 Å². The smallest absolute Gasteiger partial charge is 0.303 e. The summed E-state index contributed by atoms with van der Waals surface area (Å²) in [6.45, 7) is 4.18. The minimum Gasteiger partial charge on any atom is -0.481 e. The number of nitrogens with zero attached hydrogens (tertiary/aromatic N) is 1. The topological polar surface area (TPSA) is 108 Å². The van der Waals surface area contributed by atoms with E-state index in [1.165, 1.54) is 11.3 Å². The molecule has 0 fully saturated rings. The van der Waals surface area contributed by atoms with E-state index in [1.807, 2.05) is 19.9 Å². The Kier molecular flexibility index (Phi) is 6.85. The van der Waals surface area contributed by atoms with Crippen LogP contribution >= 0.6 is 11.3 Å². The van der Waals surface area contributed by atoms with Crippen molar-refractivity contribution in [1.82, 2.24) is 10.3 Å². The number of thiophene rings is 1. The number of amides is 2. The Morgan fingerprint density at radius 3 is 2.65 bits per heavy atom. The van der Waals surface area contributed by atoms with Crippen molar-refractivity contribution in [3.05, 3.63) is 46.1 Å². The Balaban J connectivity index is 2.15. The summed E-state index contributed by atoms with van der Waals surface area (Å²) in [6, 6.07) is 3.66. The maximum atomic E-state index is 12.7. The molecular weight excluding hydrogens is 354 g/mol. The van der Waals surface area contributed by atoms with E-state index in [0.717, 1.165) is 16.0 Å². The van der Waals surface area contributed by atoms with E-state index in [0.29, 0.717) is 23.5 Å². The van der Waals surface area contributed by atoms with Gasteiger partial charge in [-0.3, -0.25) is 19.4 Å². The second-order valence-corrected chi connectivity index (χ2v) is 6.91. The molecule has 0 atom stereocenters. The number of carboxylic acids is 1. The van der Waals surface area contributed by atoms with E-state index < -0.39 is 11.9 Å². The SMILES string of the molecule is CCc1c(C)sc(NC(=O)CCC(=O)O)c1C(=O)NCc1cccnc1. The molecular formula is C18H21N3O4S. The molecule has 2 aromatic rings. The first-order valence-electron chi connectivity index (χ1n) is 8.23. The lowest BCUT2D eigenvalue weighted by atomic mass is 10.1. The van der Waals surface area contributed by atoms with Crippen LogP contribution in [0.3, 0.4) is 0 Å². The highest BCUT2D eigenvalue weighted by Crippen LogP contribution is 2.33. The van der Waals surface area contributed by atoms with Gasteiger partial charge in [-0.05, 0) is 30.5 Å². The third kappa shape index (κ3) is 5.13. The number of pyridine rings is 1. The minimum atomic E-state index is -1.04. The second kappa shape index (κ2) is 9.10. The lowest BCUT2D eigenvalue weighted by molar-refractivity contribution is -0.138. The van der Waals surface area contributed by atoms with Crippen LogP contribution in [-0.2, 0) is 22.6 Å². The molecule has 138 valence electrons. The standard InChI is InChI=1S/C18H21N3O4S/c1-3-13-11(2)26-18(21-14(22)6-7-15(23)24)16(13)17(25)20-10-12-5-4-8-19-9-12/h4-5,8-9H,3,6-7,10H2,1-2H3,(H,20,25)(H,21,22)(H,23,24). The summed E-state index contributed by atoms with van der Waals surface area (Å²) in [5.74, 6) is -1.73. The zero-order valence-corrected chi connectivity index (χ0v) is 15.5. The van der Waals surface area contributed by atoms with Crippen LogP contribution in [0, 0.1) is 6.92 Å². The summed E-state index contributed by atoms with van der Waals surface area (Å²) in [4.78, 5) is 40.3. The number of aliphatic carboxylic acids is 1. The molecule has 7 nitrogen and oxygen atoms in total. The van der Waals surface area contributed by atoms with E-state index >= 15 is 0 Å². The van der Waals surface area contributed by atoms with Crippen molar-refractivity contribution in [2.45, 2.75) is 39.7 Å². The maximum Gasteiger partial charge on any atom is 0.303 e. The summed E-state index contributed by atoms with van der Waals surface area (Å²) in [7, 11) is 0. The van der Waals surface area contributed by atoms with Crippen molar-refractivity contribution in [3.63, 3.8) is 0 Å². The number of carboxylic acid groups (broad SMARTS) is 1. The molecule has 0 aliphatic carbocycles. The Morgan fingerprint density at radius 1 is 1.27 bits per heavy atom. The number of carbonyl (C=O) groups is 3. The number of carbonyl (C=O) groups excluding carboxylic acids is 2. The number of aryl methyl sites for hydroxylation is 1. The molecule has 0 bridgehead atoms. The average Bonchev–Trinajstić information content (AvgIpc) is 2.93. The maximum absolute atomic E-state index is 12.7. The van der Waals surface area contributed by atoms with Gasteiger partial charge in [-0.15, -0.1) is 11.3 Å². The fraction of sp³-hybridized carbons (Fsp3) is 0.333. The predicted molar refractivity (Wildman–Crippen MR) is 99.3 cm³/mol. The van der Waals surface area contributed by atoms with Crippen LogP contribution < -0.4 is 10.6 Å².